The van der Waals surface area contributed by atoms with Gasteiger partial charge in [-0.3, -0.25) is 0 Å². The second-order valence-corrected chi connectivity index (χ2v) is 8.01. The first kappa shape index (κ1) is 16.3. The molecule has 1 heterocycles. The lowest BCUT2D eigenvalue weighted by Gasteiger charge is -2.26. The van der Waals surface area contributed by atoms with Gasteiger partial charge in [0.05, 0.1) is 11.4 Å². The van der Waals surface area contributed by atoms with Gasteiger partial charge in [0.25, 0.3) is 0 Å². The minimum Gasteiger partial charge on any atom is -0.353 e. The second kappa shape index (κ2) is 6.34. The van der Waals surface area contributed by atoms with Gasteiger partial charge in [-0.25, -0.2) is 8.42 Å². The third-order valence-corrected chi connectivity index (χ3v) is 5.93. The highest BCUT2D eigenvalue weighted by Gasteiger charge is 2.27. The maximum absolute atomic E-state index is 12.8. The van der Waals surface area contributed by atoms with E-state index in [0.29, 0.717) is 11.4 Å². The highest BCUT2D eigenvalue weighted by molar-refractivity contribution is 9.10. The molecule has 0 spiro atoms. The van der Waals surface area contributed by atoms with Gasteiger partial charge in [0.2, 0.25) is 10.0 Å². The Hall–Kier alpha value is -1.11. The molecule has 0 aliphatic rings. The molecule has 1 aromatic carbocycles. The van der Waals surface area contributed by atoms with E-state index >= 15 is 0 Å². The SMILES string of the molecule is CC(C)N(Cc1cccn1C)S(=O)(=O)c1ccc(Br)cc1. The van der Waals surface area contributed by atoms with Crippen LogP contribution >= 0.6 is 15.9 Å². The Labute approximate surface area is 134 Å². The Kier molecular flexibility index (Phi) is 4.91. The number of rotatable bonds is 5. The van der Waals surface area contributed by atoms with Gasteiger partial charge in [0.1, 0.15) is 0 Å². The van der Waals surface area contributed by atoms with Gasteiger partial charge in [-0.15, -0.1) is 0 Å². The van der Waals surface area contributed by atoms with Gasteiger partial charge in [-0.1, -0.05) is 15.9 Å². The monoisotopic (exact) mass is 370 g/mol. The first-order valence-corrected chi connectivity index (χ1v) is 8.93. The fourth-order valence-corrected chi connectivity index (χ4v) is 3.98. The summed E-state index contributed by atoms with van der Waals surface area (Å²) in [5, 5.41) is 0. The predicted octanol–water partition coefficient (Wildman–Crippen LogP) is 3.39. The summed E-state index contributed by atoms with van der Waals surface area (Å²) < 4.78 is 30.0. The first-order valence-electron chi connectivity index (χ1n) is 6.70. The molecular weight excluding hydrogens is 352 g/mol. The zero-order valence-corrected chi connectivity index (χ0v) is 14.7. The average molecular weight is 371 g/mol. The highest BCUT2D eigenvalue weighted by Crippen LogP contribution is 2.22. The van der Waals surface area contributed by atoms with Crippen LogP contribution in [0.3, 0.4) is 0 Å². The molecular formula is C15H19BrN2O2S. The topological polar surface area (TPSA) is 42.3 Å². The number of sulfonamides is 1. The Morgan fingerprint density at radius 1 is 1.19 bits per heavy atom. The van der Waals surface area contributed by atoms with Crippen LogP contribution in [0.2, 0.25) is 0 Å². The fraction of sp³-hybridized carbons (Fsp3) is 0.333. The molecule has 0 aliphatic carbocycles. The average Bonchev–Trinajstić information content (AvgIpc) is 2.81. The summed E-state index contributed by atoms with van der Waals surface area (Å²) in [4.78, 5) is 0.314. The van der Waals surface area contributed by atoms with Crippen molar-refractivity contribution >= 4 is 26.0 Å². The number of hydrogen-bond acceptors (Lipinski definition) is 2. The van der Waals surface area contributed by atoms with Crippen molar-refractivity contribution in [3.63, 3.8) is 0 Å². The van der Waals surface area contributed by atoms with Crippen LogP contribution in [0.4, 0.5) is 0 Å². The maximum Gasteiger partial charge on any atom is 0.243 e. The number of hydrogen-bond donors (Lipinski definition) is 0. The molecule has 0 bridgehead atoms. The smallest absolute Gasteiger partial charge is 0.243 e. The molecule has 1 aromatic heterocycles. The molecule has 2 aromatic rings. The largest absolute Gasteiger partial charge is 0.353 e. The molecule has 0 radical (unpaired) electrons. The molecule has 4 nitrogen and oxygen atoms in total. The van der Waals surface area contributed by atoms with E-state index in [-0.39, 0.29) is 6.04 Å². The van der Waals surface area contributed by atoms with Crippen molar-refractivity contribution in [2.45, 2.75) is 31.3 Å². The van der Waals surface area contributed by atoms with Crippen molar-refractivity contribution in [1.82, 2.24) is 8.87 Å². The van der Waals surface area contributed by atoms with Crippen molar-refractivity contribution in [2.24, 2.45) is 7.05 Å². The van der Waals surface area contributed by atoms with Crippen molar-refractivity contribution in [2.75, 3.05) is 0 Å². The maximum atomic E-state index is 12.8. The van der Waals surface area contributed by atoms with E-state index in [2.05, 4.69) is 15.9 Å². The molecule has 0 atom stereocenters. The lowest BCUT2D eigenvalue weighted by molar-refractivity contribution is 0.341. The summed E-state index contributed by atoms with van der Waals surface area (Å²) in [6.45, 7) is 4.14. The molecule has 21 heavy (non-hydrogen) atoms. The molecule has 0 N–H and O–H groups in total. The summed E-state index contributed by atoms with van der Waals surface area (Å²) >= 11 is 3.32. The van der Waals surface area contributed by atoms with Crippen LogP contribution in [0.25, 0.3) is 0 Å². The zero-order valence-electron chi connectivity index (χ0n) is 12.3. The molecule has 0 amide bonds. The highest BCUT2D eigenvalue weighted by atomic mass is 79.9. The molecule has 2 rings (SSSR count). The van der Waals surface area contributed by atoms with Gasteiger partial charge >= 0.3 is 0 Å². The Bertz CT molecular complexity index is 706. The number of aryl methyl sites for hydroxylation is 1. The Morgan fingerprint density at radius 3 is 2.29 bits per heavy atom. The minimum absolute atomic E-state index is 0.117. The van der Waals surface area contributed by atoms with Crippen LogP contribution in [0, 0.1) is 0 Å². The van der Waals surface area contributed by atoms with Crippen LogP contribution in [0.15, 0.2) is 52.0 Å². The number of benzene rings is 1. The van der Waals surface area contributed by atoms with Crippen LogP contribution in [0.1, 0.15) is 19.5 Å². The van der Waals surface area contributed by atoms with Gasteiger partial charge in [-0.05, 0) is 50.2 Å². The summed E-state index contributed by atoms with van der Waals surface area (Å²) in [6, 6.07) is 10.5. The minimum atomic E-state index is -3.51. The number of halogens is 1. The van der Waals surface area contributed by atoms with Gasteiger partial charge in [0, 0.05) is 29.5 Å². The quantitative estimate of drug-likeness (QED) is 0.809. The molecule has 0 saturated carbocycles. The van der Waals surface area contributed by atoms with Crippen molar-refractivity contribution in [3.8, 4) is 0 Å². The molecule has 0 unspecified atom stereocenters. The summed E-state index contributed by atoms with van der Waals surface area (Å²) in [7, 11) is -1.59. The molecule has 0 saturated heterocycles. The van der Waals surface area contributed by atoms with E-state index in [1.54, 1.807) is 24.3 Å². The number of aromatic nitrogens is 1. The summed E-state index contributed by atoms with van der Waals surface area (Å²) in [6.07, 6.45) is 1.92. The number of nitrogens with zero attached hydrogens (tertiary/aromatic N) is 2. The molecule has 0 aliphatic heterocycles. The van der Waals surface area contributed by atoms with Crippen LogP contribution in [0.5, 0.6) is 0 Å². The Balaban J connectivity index is 2.37. The van der Waals surface area contributed by atoms with E-state index < -0.39 is 10.0 Å². The first-order chi connectivity index (χ1) is 9.82. The van der Waals surface area contributed by atoms with E-state index in [4.69, 9.17) is 0 Å². The summed E-state index contributed by atoms with van der Waals surface area (Å²) in [5.74, 6) is 0. The molecule has 0 fully saturated rings. The Morgan fingerprint density at radius 2 is 1.81 bits per heavy atom. The third-order valence-electron chi connectivity index (χ3n) is 3.37. The van der Waals surface area contributed by atoms with Crippen LogP contribution < -0.4 is 0 Å². The second-order valence-electron chi connectivity index (χ2n) is 5.21. The molecule has 114 valence electrons. The summed E-state index contributed by atoms with van der Waals surface area (Å²) in [5.41, 5.74) is 0.962. The van der Waals surface area contributed by atoms with E-state index in [1.807, 2.05) is 43.8 Å². The van der Waals surface area contributed by atoms with Crippen LogP contribution in [-0.4, -0.2) is 23.3 Å². The fourth-order valence-electron chi connectivity index (χ4n) is 2.11. The van der Waals surface area contributed by atoms with Gasteiger partial charge in [0.15, 0.2) is 0 Å². The van der Waals surface area contributed by atoms with Gasteiger partial charge in [-0.2, -0.15) is 4.31 Å². The van der Waals surface area contributed by atoms with Gasteiger partial charge < -0.3 is 4.57 Å². The molecule has 6 heteroatoms. The van der Waals surface area contributed by atoms with Crippen LogP contribution in [-0.2, 0) is 23.6 Å². The normalized spacial score (nSPS) is 12.3. The lowest BCUT2D eigenvalue weighted by Crippen LogP contribution is -2.36. The lowest BCUT2D eigenvalue weighted by atomic mass is 10.3. The van der Waals surface area contributed by atoms with E-state index in [0.717, 1.165) is 10.2 Å². The van der Waals surface area contributed by atoms with E-state index in [1.165, 1.54) is 4.31 Å². The zero-order chi connectivity index (χ0) is 15.6. The van der Waals surface area contributed by atoms with Crippen molar-refractivity contribution in [3.05, 3.63) is 52.8 Å². The van der Waals surface area contributed by atoms with Crippen molar-refractivity contribution < 1.29 is 8.42 Å². The standard InChI is InChI=1S/C15H19BrN2O2S/c1-12(2)18(11-14-5-4-10-17(14)3)21(19,20)15-8-6-13(16)7-9-15/h4-10,12H,11H2,1-3H3. The van der Waals surface area contributed by atoms with E-state index in [9.17, 15) is 8.42 Å². The van der Waals surface area contributed by atoms with Crippen molar-refractivity contribution in [1.29, 1.82) is 0 Å². The predicted molar refractivity (Wildman–Crippen MR) is 87.4 cm³/mol. The third kappa shape index (κ3) is 3.56.